The molecule has 0 aromatic carbocycles. The summed E-state index contributed by atoms with van der Waals surface area (Å²) in [5.41, 5.74) is 5.88. The number of carbonyl (C=O) groups is 4. The SMILES string of the molecule is CSCCC(N)C(=O)NC(CCSC)C(=O)NC(CS)C(=O)NC(CC(C)C)C(=O)O. The highest BCUT2D eigenvalue weighted by Gasteiger charge is 2.29. The van der Waals surface area contributed by atoms with Gasteiger partial charge in [0.15, 0.2) is 0 Å². The predicted octanol–water partition coefficient (Wildman–Crippen LogP) is 0.335. The zero-order valence-electron chi connectivity index (χ0n) is 18.6. The van der Waals surface area contributed by atoms with Crippen molar-refractivity contribution in [1.29, 1.82) is 0 Å². The lowest BCUT2D eigenvalue weighted by molar-refractivity contribution is -0.142. The van der Waals surface area contributed by atoms with Crippen molar-refractivity contribution in [1.82, 2.24) is 16.0 Å². The number of hydrogen-bond donors (Lipinski definition) is 6. The van der Waals surface area contributed by atoms with E-state index in [4.69, 9.17) is 5.73 Å². The first-order chi connectivity index (χ1) is 14.6. The van der Waals surface area contributed by atoms with Gasteiger partial charge in [-0.25, -0.2) is 4.79 Å². The number of amides is 3. The van der Waals surface area contributed by atoms with Gasteiger partial charge in [-0.1, -0.05) is 13.8 Å². The van der Waals surface area contributed by atoms with Crippen LogP contribution in [0.4, 0.5) is 0 Å². The molecule has 3 amide bonds. The molecule has 9 nitrogen and oxygen atoms in total. The summed E-state index contributed by atoms with van der Waals surface area (Å²) in [7, 11) is 0. The normalized spacial score (nSPS) is 14.9. The Kier molecular flexibility index (Phi) is 15.9. The zero-order valence-corrected chi connectivity index (χ0v) is 21.1. The van der Waals surface area contributed by atoms with Gasteiger partial charge in [-0.15, -0.1) is 0 Å². The van der Waals surface area contributed by atoms with Gasteiger partial charge in [-0.05, 0) is 49.2 Å². The summed E-state index contributed by atoms with van der Waals surface area (Å²) in [6.07, 6.45) is 4.90. The summed E-state index contributed by atoms with van der Waals surface area (Å²) < 4.78 is 0. The van der Waals surface area contributed by atoms with Gasteiger partial charge >= 0.3 is 5.97 Å². The highest BCUT2D eigenvalue weighted by Crippen LogP contribution is 2.07. The van der Waals surface area contributed by atoms with E-state index in [0.717, 1.165) is 5.75 Å². The number of carboxylic acids is 1. The molecule has 0 aromatic heterocycles. The van der Waals surface area contributed by atoms with E-state index in [0.29, 0.717) is 18.6 Å². The monoisotopic (exact) mass is 496 g/mol. The van der Waals surface area contributed by atoms with Crippen molar-refractivity contribution in [2.45, 2.75) is 57.3 Å². The Bertz CT molecular complexity index is 595. The standard InChI is InChI=1S/C19H36N4O5S3/c1-11(2)9-14(19(27)28)22-18(26)15(10-29)23-17(25)13(6-8-31-4)21-16(24)12(20)5-7-30-3/h11-15,29H,5-10,20H2,1-4H3,(H,21,24)(H,22,26)(H,23,25)(H,27,28). The molecule has 0 heterocycles. The van der Waals surface area contributed by atoms with Crippen LogP contribution in [0.15, 0.2) is 0 Å². The van der Waals surface area contributed by atoms with Crippen LogP contribution in [0.1, 0.15) is 33.1 Å². The van der Waals surface area contributed by atoms with E-state index in [1.165, 1.54) is 11.8 Å². The van der Waals surface area contributed by atoms with Crippen LogP contribution < -0.4 is 21.7 Å². The number of thioether (sulfide) groups is 2. The van der Waals surface area contributed by atoms with Crippen LogP contribution in [0.5, 0.6) is 0 Å². The Balaban J connectivity index is 5.14. The molecule has 0 saturated carbocycles. The topological polar surface area (TPSA) is 151 Å². The molecule has 0 aliphatic rings. The average molecular weight is 497 g/mol. The number of rotatable bonds is 16. The van der Waals surface area contributed by atoms with E-state index in [-0.39, 0.29) is 18.1 Å². The van der Waals surface area contributed by atoms with Crippen molar-refractivity contribution >= 4 is 59.8 Å². The third-order valence-electron chi connectivity index (χ3n) is 4.35. The van der Waals surface area contributed by atoms with Crippen molar-refractivity contribution in [2.75, 3.05) is 29.8 Å². The van der Waals surface area contributed by atoms with Crippen molar-refractivity contribution in [2.24, 2.45) is 11.7 Å². The number of carboxylic acid groups (broad SMARTS) is 1. The highest BCUT2D eigenvalue weighted by molar-refractivity contribution is 7.98. The van der Waals surface area contributed by atoms with E-state index in [1.807, 2.05) is 26.4 Å². The minimum Gasteiger partial charge on any atom is -0.480 e. The Morgan fingerprint density at radius 2 is 1.35 bits per heavy atom. The average Bonchev–Trinajstić information content (AvgIpc) is 2.71. The van der Waals surface area contributed by atoms with E-state index in [2.05, 4.69) is 28.6 Å². The molecule has 0 saturated heterocycles. The molecule has 12 heteroatoms. The lowest BCUT2D eigenvalue weighted by Gasteiger charge is -2.24. The maximum Gasteiger partial charge on any atom is 0.326 e. The summed E-state index contributed by atoms with van der Waals surface area (Å²) in [5, 5.41) is 17.0. The first-order valence-corrected chi connectivity index (χ1v) is 13.5. The molecule has 0 aliphatic carbocycles. The largest absolute Gasteiger partial charge is 0.480 e. The second kappa shape index (κ2) is 16.5. The molecule has 0 radical (unpaired) electrons. The summed E-state index contributed by atoms with van der Waals surface area (Å²) >= 11 is 7.21. The molecule has 0 bridgehead atoms. The number of thiol groups is 1. The fourth-order valence-corrected chi connectivity index (χ4v) is 3.81. The third kappa shape index (κ3) is 12.5. The van der Waals surface area contributed by atoms with Gasteiger partial charge in [0.05, 0.1) is 6.04 Å². The second-order valence-electron chi connectivity index (χ2n) is 7.50. The molecule has 4 unspecified atom stereocenters. The third-order valence-corrected chi connectivity index (χ3v) is 6.00. The van der Waals surface area contributed by atoms with Crippen LogP contribution in [0.2, 0.25) is 0 Å². The number of carbonyl (C=O) groups excluding carboxylic acids is 3. The molecule has 0 fully saturated rings. The smallest absolute Gasteiger partial charge is 0.326 e. The lowest BCUT2D eigenvalue weighted by Crippen LogP contribution is -2.57. The lowest BCUT2D eigenvalue weighted by atomic mass is 10.0. The fraction of sp³-hybridized carbons (Fsp3) is 0.789. The van der Waals surface area contributed by atoms with Gasteiger partial charge in [0.25, 0.3) is 0 Å². The van der Waals surface area contributed by atoms with Gasteiger partial charge in [0.2, 0.25) is 17.7 Å². The fourth-order valence-electron chi connectivity index (χ4n) is 2.59. The molecule has 0 aliphatic heterocycles. The van der Waals surface area contributed by atoms with Crippen LogP contribution >= 0.6 is 36.2 Å². The van der Waals surface area contributed by atoms with Crippen LogP contribution in [0, 0.1) is 5.92 Å². The van der Waals surface area contributed by atoms with Crippen LogP contribution in [-0.4, -0.2) is 82.7 Å². The van der Waals surface area contributed by atoms with E-state index >= 15 is 0 Å². The van der Waals surface area contributed by atoms with E-state index < -0.39 is 47.9 Å². The molecular formula is C19H36N4O5S3. The predicted molar refractivity (Wildman–Crippen MR) is 131 cm³/mol. The van der Waals surface area contributed by atoms with E-state index in [1.54, 1.807) is 11.8 Å². The zero-order chi connectivity index (χ0) is 24.0. The van der Waals surface area contributed by atoms with Crippen molar-refractivity contribution in [3.63, 3.8) is 0 Å². The molecule has 4 atom stereocenters. The van der Waals surface area contributed by atoms with Crippen molar-refractivity contribution in [3.8, 4) is 0 Å². The van der Waals surface area contributed by atoms with Gasteiger partial charge < -0.3 is 26.8 Å². The second-order valence-corrected chi connectivity index (χ2v) is 9.84. The minimum absolute atomic E-state index is 0.0258. The van der Waals surface area contributed by atoms with Gasteiger partial charge in [0.1, 0.15) is 18.1 Å². The molecule has 0 aromatic rings. The highest BCUT2D eigenvalue weighted by atomic mass is 32.2. The molecule has 0 spiro atoms. The number of aliphatic carboxylic acids is 1. The first-order valence-electron chi connectivity index (χ1n) is 10.1. The van der Waals surface area contributed by atoms with Gasteiger partial charge in [-0.3, -0.25) is 14.4 Å². The first kappa shape index (κ1) is 29.9. The molecule has 0 rings (SSSR count). The summed E-state index contributed by atoms with van der Waals surface area (Å²) in [5.74, 6) is -1.37. The summed E-state index contributed by atoms with van der Waals surface area (Å²) in [6.45, 7) is 3.70. The van der Waals surface area contributed by atoms with Crippen LogP contribution in [0.25, 0.3) is 0 Å². The maximum atomic E-state index is 12.8. The van der Waals surface area contributed by atoms with Crippen molar-refractivity contribution in [3.05, 3.63) is 0 Å². The number of nitrogens with one attached hydrogen (secondary N) is 3. The van der Waals surface area contributed by atoms with Gasteiger partial charge in [-0.2, -0.15) is 36.2 Å². The van der Waals surface area contributed by atoms with Crippen LogP contribution in [0.3, 0.4) is 0 Å². The van der Waals surface area contributed by atoms with E-state index in [9.17, 15) is 24.3 Å². The number of hydrogen-bond acceptors (Lipinski definition) is 8. The Labute approximate surface area is 198 Å². The quantitative estimate of drug-likeness (QED) is 0.167. The summed E-state index contributed by atoms with van der Waals surface area (Å²) in [4.78, 5) is 49.1. The number of nitrogens with two attached hydrogens (primary N) is 1. The minimum atomic E-state index is -1.14. The molecular weight excluding hydrogens is 460 g/mol. The van der Waals surface area contributed by atoms with Crippen LogP contribution in [-0.2, 0) is 19.2 Å². The van der Waals surface area contributed by atoms with Crippen molar-refractivity contribution < 1.29 is 24.3 Å². The Morgan fingerprint density at radius 3 is 1.84 bits per heavy atom. The molecule has 180 valence electrons. The molecule has 31 heavy (non-hydrogen) atoms. The maximum absolute atomic E-state index is 12.8. The molecule has 6 N–H and O–H groups in total. The summed E-state index contributed by atoms with van der Waals surface area (Å²) in [6, 6.07) is -3.69. The van der Waals surface area contributed by atoms with Gasteiger partial charge in [0, 0.05) is 5.75 Å². The Hall–Kier alpha value is -1.11. The Morgan fingerprint density at radius 1 is 0.871 bits per heavy atom.